The molecule has 0 fully saturated rings. The average molecular weight is 266 g/mol. The lowest BCUT2D eigenvalue weighted by molar-refractivity contribution is -0.149. The van der Waals surface area contributed by atoms with Gasteiger partial charge in [0, 0.05) is 0 Å². The highest BCUT2D eigenvalue weighted by atomic mass is 32.2. The lowest BCUT2D eigenvalue weighted by atomic mass is 9.97. The maximum Gasteiger partial charge on any atom is 0.312 e. The molecule has 0 saturated heterocycles. The molecule has 100 valence electrons. The van der Waals surface area contributed by atoms with Crippen molar-refractivity contribution in [1.29, 1.82) is 0 Å². The zero-order valence-corrected chi connectivity index (χ0v) is 11.3. The molecule has 6 nitrogen and oxygen atoms in total. The topological polar surface area (TPSA) is 86.7 Å². The minimum absolute atomic E-state index is 0.212. The van der Waals surface area contributed by atoms with E-state index < -0.39 is 27.2 Å². The number of carbonyl (C=O) groups is 2. The molecule has 0 unspecified atom stereocenters. The molecule has 0 saturated carbocycles. The van der Waals surface area contributed by atoms with Crippen molar-refractivity contribution in [3.63, 3.8) is 0 Å². The van der Waals surface area contributed by atoms with Crippen LogP contribution in [-0.2, 0) is 28.9 Å². The summed E-state index contributed by atoms with van der Waals surface area (Å²) in [6.45, 7) is 2.96. The van der Waals surface area contributed by atoms with Crippen molar-refractivity contribution in [2.45, 2.75) is 20.3 Å². The summed E-state index contributed by atoms with van der Waals surface area (Å²) >= 11 is 0. The fraction of sp³-hybridized carbons (Fsp3) is 0.800. The number of rotatable bonds is 6. The van der Waals surface area contributed by atoms with E-state index in [9.17, 15) is 18.0 Å². The van der Waals surface area contributed by atoms with Crippen molar-refractivity contribution in [2.24, 2.45) is 5.41 Å². The number of methoxy groups -OCH3 is 2. The molecule has 0 aromatic rings. The van der Waals surface area contributed by atoms with E-state index in [0.29, 0.717) is 0 Å². The predicted octanol–water partition coefficient (Wildman–Crippen LogP) is 0.163. The standard InChI is InChI=1S/C10H18O6S/c1-10(2,9(12)16-4)7-17(13,14)6-5-8(11)15-3/h5-7H2,1-4H3. The van der Waals surface area contributed by atoms with Gasteiger partial charge in [0.15, 0.2) is 9.84 Å². The molecular weight excluding hydrogens is 248 g/mol. The molecule has 0 atom stereocenters. The van der Waals surface area contributed by atoms with Gasteiger partial charge in [-0.3, -0.25) is 9.59 Å². The summed E-state index contributed by atoms with van der Waals surface area (Å²) in [7, 11) is -1.11. The first-order valence-corrected chi connectivity index (χ1v) is 6.82. The Morgan fingerprint density at radius 1 is 1.12 bits per heavy atom. The van der Waals surface area contributed by atoms with Gasteiger partial charge in [-0.15, -0.1) is 0 Å². The van der Waals surface area contributed by atoms with E-state index in [2.05, 4.69) is 9.47 Å². The summed E-state index contributed by atoms with van der Waals surface area (Å²) in [5.74, 6) is -1.88. The van der Waals surface area contributed by atoms with Crippen molar-refractivity contribution in [1.82, 2.24) is 0 Å². The average Bonchev–Trinajstić information content (AvgIpc) is 2.23. The number of hydrogen-bond donors (Lipinski definition) is 0. The molecule has 7 heteroatoms. The second kappa shape index (κ2) is 6.00. The summed E-state index contributed by atoms with van der Waals surface area (Å²) in [6, 6.07) is 0. The molecule has 0 aliphatic heterocycles. The van der Waals surface area contributed by atoms with Gasteiger partial charge in [0.2, 0.25) is 0 Å². The van der Waals surface area contributed by atoms with Crippen molar-refractivity contribution in [3.05, 3.63) is 0 Å². The highest BCUT2D eigenvalue weighted by Crippen LogP contribution is 2.20. The van der Waals surface area contributed by atoms with Crippen molar-refractivity contribution < 1.29 is 27.5 Å². The van der Waals surface area contributed by atoms with Gasteiger partial charge in [0.25, 0.3) is 0 Å². The summed E-state index contributed by atoms with van der Waals surface area (Å²) in [5.41, 5.74) is -1.12. The second-order valence-electron chi connectivity index (χ2n) is 4.29. The number of esters is 2. The number of hydrogen-bond acceptors (Lipinski definition) is 6. The SMILES string of the molecule is COC(=O)CCS(=O)(=O)CC(C)(C)C(=O)OC. The lowest BCUT2D eigenvalue weighted by Crippen LogP contribution is -2.34. The Labute approximate surface area is 101 Å². The van der Waals surface area contributed by atoms with Crippen LogP contribution in [0.25, 0.3) is 0 Å². The van der Waals surface area contributed by atoms with Crippen LogP contribution in [-0.4, -0.2) is 46.1 Å². The van der Waals surface area contributed by atoms with Crippen LogP contribution in [0.2, 0.25) is 0 Å². The quantitative estimate of drug-likeness (QED) is 0.637. The molecule has 0 bridgehead atoms. The third kappa shape index (κ3) is 5.67. The van der Waals surface area contributed by atoms with Gasteiger partial charge in [0.05, 0.1) is 37.6 Å². The van der Waals surface area contributed by atoms with E-state index in [1.54, 1.807) is 0 Å². The van der Waals surface area contributed by atoms with Crippen LogP contribution in [0.4, 0.5) is 0 Å². The zero-order chi connectivity index (χ0) is 13.7. The van der Waals surface area contributed by atoms with Gasteiger partial charge in [-0.2, -0.15) is 0 Å². The van der Waals surface area contributed by atoms with Crippen LogP contribution in [0.1, 0.15) is 20.3 Å². The van der Waals surface area contributed by atoms with Crippen molar-refractivity contribution in [2.75, 3.05) is 25.7 Å². The van der Waals surface area contributed by atoms with Crippen LogP contribution in [0.15, 0.2) is 0 Å². The van der Waals surface area contributed by atoms with Gasteiger partial charge in [-0.25, -0.2) is 8.42 Å². The number of carbonyl (C=O) groups excluding carboxylic acids is 2. The van der Waals surface area contributed by atoms with E-state index in [1.165, 1.54) is 28.1 Å². The molecule has 0 aromatic carbocycles. The van der Waals surface area contributed by atoms with E-state index in [-0.39, 0.29) is 17.9 Å². The van der Waals surface area contributed by atoms with Gasteiger partial charge >= 0.3 is 11.9 Å². The molecule has 0 N–H and O–H groups in total. The minimum Gasteiger partial charge on any atom is -0.469 e. The summed E-state index contributed by atoms with van der Waals surface area (Å²) in [5, 5.41) is 0. The van der Waals surface area contributed by atoms with Crippen molar-refractivity contribution >= 4 is 21.8 Å². The maximum atomic E-state index is 11.7. The van der Waals surface area contributed by atoms with Gasteiger partial charge in [0.1, 0.15) is 0 Å². The van der Waals surface area contributed by atoms with Crippen LogP contribution >= 0.6 is 0 Å². The summed E-state index contributed by atoms with van der Waals surface area (Å²) in [6.07, 6.45) is -0.212. The Kier molecular flexibility index (Phi) is 5.60. The fourth-order valence-electron chi connectivity index (χ4n) is 1.30. The van der Waals surface area contributed by atoms with E-state index in [1.807, 2.05) is 0 Å². The molecule has 0 rings (SSSR count). The van der Waals surface area contributed by atoms with Gasteiger partial charge in [-0.1, -0.05) is 0 Å². The lowest BCUT2D eigenvalue weighted by Gasteiger charge is -2.20. The third-order valence-corrected chi connectivity index (χ3v) is 4.15. The largest absolute Gasteiger partial charge is 0.469 e. The molecule has 0 aliphatic rings. The summed E-state index contributed by atoms with van der Waals surface area (Å²) in [4.78, 5) is 22.2. The number of sulfone groups is 1. The molecule has 0 spiro atoms. The minimum atomic E-state index is -3.50. The highest BCUT2D eigenvalue weighted by Gasteiger charge is 2.34. The maximum absolute atomic E-state index is 11.7. The second-order valence-corrected chi connectivity index (χ2v) is 6.48. The molecule has 0 aromatic heterocycles. The Bertz CT molecular complexity index is 382. The zero-order valence-electron chi connectivity index (χ0n) is 10.5. The Morgan fingerprint density at radius 2 is 1.65 bits per heavy atom. The first kappa shape index (κ1) is 15.9. The smallest absolute Gasteiger partial charge is 0.312 e. The van der Waals surface area contributed by atoms with Crippen molar-refractivity contribution in [3.8, 4) is 0 Å². The van der Waals surface area contributed by atoms with E-state index in [0.717, 1.165) is 0 Å². The Hall–Kier alpha value is -1.11. The summed E-state index contributed by atoms with van der Waals surface area (Å²) < 4.78 is 32.2. The van der Waals surface area contributed by atoms with Crippen LogP contribution in [0.5, 0.6) is 0 Å². The fourth-order valence-corrected chi connectivity index (χ4v) is 3.14. The highest BCUT2D eigenvalue weighted by molar-refractivity contribution is 7.91. The Morgan fingerprint density at radius 3 is 2.06 bits per heavy atom. The van der Waals surface area contributed by atoms with E-state index in [4.69, 9.17) is 0 Å². The molecule has 0 aliphatic carbocycles. The Balaban J connectivity index is 4.55. The molecule has 0 radical (unpaired) electrons. The van der Waals surface area contributed by atoms with Crippen LogP contribution < -0.4 is 0 Å². The van der Waals surface area contributed by atoms with E-state index >= 15 is 0 Å². The first-order valence-electron chi connectivity index (χ1n) is 5.00. The normalized spacial score (nSPS) is 12.0. The monoisotopic (exact) mass is 266 g/mol. The number of ether oxygens (including phenoxy) is 2. The molecule has 0 amide bonds. The molecular formula is C10H18O6S. The first-order chi connectivity index (χ1) is 7.64. The van der Waals surface area contributed by atoms with Gasteiger partial charge in [-0.05, 0) is 13.8 Å². The van der Waals surface area contributed by atoms with Crippen LogP contribution in [0.3, 0.4) is 0 Å². The molecule has 17 heavy (non-hydrogen) atoms. The van der Waals surface area contributed by atoms with Gasteiger partial charge < -0.3 is 9.47 Å². The molecule has 0 heterocycles. The predicted molar refractivity (Wildman–Crippen MR) is 61.1 cm³/mol. The van der Waals surface area contributed by atoms with Crippen LogP contribution in [0, 0.1) is 5.41 Å². The third-order valence-electron chi connectivity index (χ3n) is 2.16.